The highest BCUT2D eigenvalue weighted by molar-refractivity contribution is 7.99. The number of nitrogens with one attached hydrogen (secondary N) is 1. The van der Waals surface area contributed by atoms with Crippen molar-refractivity contribution in [3.63, 3.8) is 0 Å². The number of carbonyl (C=O) groups excluding carboxylic acids is 2. The molecule has 2 aromatic carbocycles. The number of amides is 3. The van der Waals surface area contributed by atoms with Gasteiger partial charge in [0.05, 0.1) is 15.7 Å². The molecular formula is C30H27Cl3F2N4O4S. The zero-order valence-electron chi connectivity index (χ0n) is 23.4. The Morgan fingerprint density at radius 2 is 1.84 bits per heavy atom. The molecule has 232 valence electrons. The van der Waals surface area contributed by atoms with E-state index in [0.717, 1.165) is 48.2 Å². The van der Waals surface area contributed by atoms with Gasteiger partial charge in [-0.25, -0.2) is 4.79 Å². The second kappa shape index (κ2) is 11.7. The Morgan fingerprint density at radius 1 is 1.14 bits per heavy atom. The maximum Gasteiger partial charge on any atom is 0.362 e. The van der Waals surface area contributed by atoms with Gasteiger partial charge in [-0.2, -0.15) is 8.78 Å². The topological polar surface area (TPSA) is 96.9 Å². The minimum absolute atomic E-state index is 0.0306. The van der Waals surface area contributed by atoms with Crippen LogP contribution in [0.5, 0.6) is 5.75 Å². The fraction of sp³-hybridized carbons (Fsp3) is 0.367. The van der Waals surface area contributed by atoms with Crippen LogP contribution in [0.3, 0.4) is 0 Å². The lowest BCUT2D eigenvalue weighted by molar-refractivity contribution is 0.0740. The van der Waals surface area contributed by atoms with Gasteiger partial charge < -0.3 is 19.9 Å². The van der Waals surface area contributed by atoms with Crippen LogP contribution in [0, 0.1) is 0 Å². The molecule has 3 aromatic rings. The van der Waals surface area contributed by atoms with E-state index in [0.29, 0.717) is 30.9 Å². The molecule has 1 aromatic heterocycles. The van der Waals surface area contributed by atoms with Gasteiger partial charge in [0.25, 0.3) is 11.5 Å². The maximum absolute atomic E-state index is 14.1. The summed E-state index contributed by atoms with van der Waals surface area (Å²) < 4.78 is 28.3. The van der Waals surface area contributed by atoms with E-state index in [-0.39, 0.29) is 56.2 Å². The lowest BCUT2D eigenvalue weighted by Gasteiger charge is -2.35. The number of alkyl halides is 3. The van der Waals surface area contributed by atoms with Crippen molar-refractivity contribution in [1.29, 1.82) is 0 Å². The quantitative estimate of drug-likeness (QED) is 0.251. The van der Waals surface area contributed by atoms with Gasteiger partial charge in [-0.1, -0.05) is 41.0 Å². The summed E-state index contributed by atoms with van der Waals surface area (Å²) in [5.41, 5.74) is 0.330. The van der Waals surface area contributed by atoms with E-state index in [1.165, 1.54) is 4.90 Å². The molecule has 0 radical (unpaired) electrons. The molecule has 3 aliphatic rings. The number of carbonyl (C=O) groups is 2. The minimum Gasteiger partial charge on any atom is -0.505 e. The lowest BCUT2D eigenvalue weighted by Crippen LogP contribution is -2.49. The average Bonchev–Trinajstić information content (AvgIpc) is 3.71. The number of H-pyrrole nitrogens is 1. The monoisotopic (exact) mass is 682 g/mol. The van der Waals surface area contributed by atoms with Crippen LogP contribution in [-0.2, 0) is 18.5 Å². The van der Waals surface area contributed by atoms with Crippen LogP contribution in [0.15, 0.2) is 44.9 Å². The standard InChI is InChI=1S/C30H27Cl3F2N4O4S/c1-2-37-9-4-10-39(29(37)43)20-11-16-13-38(14-17(16)23(25(20)40)15-7-8-15)28(42)24-21(12-22(30(33,34)35)36-27(24)41)44-26-18(31)5-3-6-19(26)32/h3,5-6,11-12,15,40H,2,4,7-10,13-14H2,1H3,(H,36,41). The molecule has 1 aliphatic carbocycles. The van der Waals surface area contributed by atoms with Crippen molar-refractivity contribution in [3.8, 4) is 5.75 Å². The first-order valence-corrected chi connectivity index (χ1v) is 16.0. The summed E-state index contributed by atoms with van der Waals surface area (Å²) in [7, 11) is 0. The number of halogens is 5. The number of anilines is 1. The molecule has 44 heavy (non-hydrogen) atoms. The van der Waals surface area contributed by atoms with Crippen LogP contribution in [0.1, 0.15) is 64.8 Å². The molecule has 0 atom stereocenters. The van der Waals surface area contributed by atoms with E-state index in [4.69, 9.17) is 34.8 Å². The van der Waals surface area contributed by atoms with Gasteiger partial charge in [0.1, 0.15) is 17.0 Å². The third-order valence-electron chi connectivity index (χ3n) is 8.14. The molecule has 0 unspecified atom stereocenters. The first kappa shape index (κ1) is 31.0. The van der Waals surface area contributed by atoms with E-state index in [1.807, 2.05) is 6.92 Å². The molecule has 3 heterocycles. The summed E-state index contributed by atoms with van der Waals surface area (Å²) in [5, 5.41) is 7.97. The number of hydrogen-bond donors (Lipinski definition) is 2. The molecule has 2 N–H and O–H groups in total. The summed E-state index contributed by atoms with van der Waals surface area (Å²) in [4.78, 5) is 47.5. The Kier molecular flexibility index (Phi) is 8.28. The third-order valence-corrected chi connectivity index (χ3v) is 10.4. The lowest BCUT2D eigenvalue weighted by atomic mass is 9.96. The number of rotatable bonds is 7. The number of aromatic hydroxyl groups is 1. The number of aromatic nitrogens is 1. The van der Waals surface area contributed by atoms with Crippen molar-refractivity contribution in [2.45, 2.75) is 60.4 Å². The first-order chi connectivity index (χ1) is 20.9. The Morgan fingerprint density at radius 3 is 2.48 bits per heavy atom. The third kappa shape index (κ3) is 5.63. The van der Waals surface area contributed by atoms with Crippen molar-refractivity contribution in [2.24, 2.45) is 0 Å². The van der Waals surface area contributed by atoms with E-state index < -0.39 is 22.5 Å². The second-order valence-corrected chi connectivity index (χ2v) is 13.3. The Balaban J connectivity index is 1.40. The molecule has 2 fully saturated rings. The molecule has 2 aliphatic heterocycles. The predicted octanol–water partition coefficient (Wildman–Crippen LogP) is 7.51. The molecular weight excluding hydrogens is 657 g/mol. The first-order valence-electron chi connectivity index (χ1n) is 14.1. The molecule has 3 amide bonds. The normalized spacial score (nSPS) is 17.0. The van der Waals surface area contributed by atoms with E-state index in [2.05, 4.69) is 4.98 Å². The summed E-state index contributed by atoms with van der Waals surface area (Å²) in [6.45, 7) is 3.71. The van der Waals surface area contributed by atoms with Crippen molar-refractivity contribution in [1.82, 2.24) is 14.8 Å². The van der Waals surface area contributed by atoms with Crippen LogP contribution in [0.2, 0.25) is 10.0 Å². The number of urea groups is 1. The zero-order valence-corrected chi connectivity index (χ0v) is 26.5. The number of pyridine rings is 1. The largest absolute Gasteiger partial charge is 0.505 e. The van der Waals surface area contributed by atoms with Crippen LogP contribution in [0.25, 0.3) is 0 Å². The number of fused-ring (bicyclic) bond motifs is 1. The highest BCUT2D eigenvalue weighted by Crippen LogP contribution is 2.52. The predicted molar refractivity (Wildman–Crippen MR) is 166 cm³/mol. The minimum atomic E-state index is -3.91. The van der Waals surface area contributed by atoms with E-state index >= 15 is 0 Å². The zero-order chi connectivity index (χ0) is 31.5. The van der Waals surface area contributed by atoms with Gasteiger partial charge in [0.2, 0.25) is 0 Å². The van der Waals surface area contributed by atoms with Crippen molar-refractivity contribution in [3.05, 3.63) is 78.7 Å². The molecule has 8 nitrogen and oxygen atoms in total. The summed E-state index contributed by atoms with van der Waals surface area (Å²) >= 11 is 18.7. The van der Waals surface area contributed by atoms with Gasteiger partial charge in [-0.3, -0.25) is 14.5 Å². The van der Waals surface area contributed by atoms with Gasteiger partial charge in [-0.15, -0.1) is 0 Å². The number of phenolic OH excluding ortho intramolecular Hbond substituents is 1. The Hall–Kier alpha value is -2.99. The van der Waals surface area contributed by atoms with E-state index in [9.17, 15) is 28.3 Å². The maximum atomic E-state index is 14.1. The summed E-state index contributed by atoms with van der Waals surface area (Å²) in [6, 6.07) is 7.21. The van der Waals surface area contributed by atoms with Crippen molar-refractivity contribution < 1.29 is 23.5 Å². The van der Waals surface area contributed by atoms with Crippen molar-refractivity contribution >= 4 is 64.2 Å². The van der Waals surface area contributed by atoms with Crippen molar-refractivity contribution in [2.75, 3.05) is 24.5 Å². The summed E-state index contributed by atoms with van der Waals surface area (Å²) in [5.74, 6) is -0.586. The molecule has 1 saturated heterocycles. The number of hydrogen-bond acceptors (Lipinski definition) is 5. The second-order valence-electron chi connectivity index (χ2n) is 11.0. The number of benzene rings is 2. The number of aromatic amines is 1. The van der Waals surface area contributed by atoms with Gasteiger partial charge >= 0.3 is 11.4 Å². The smallest absolute Gasteiger partial charge is 0.362 e. The average molecular weight is 684 g/mol. The van der Waals surface area contributed by atoms with Crippen LogP contribution < -0.4 is 10.5 Å². The molecule has 0 bridgehead atoms. The SMILES string of the molecule is CCN1CCCN(c2cc3c(c(C4CC4)c2O)CN(C(=O)c2c(Sc4c(Cl)cccc4Cl)cc(C(F)(F)Cl)[nH]c2=O)C3)C1=O. The van der Waals surface area contributed by atoms with Gasteiger partial charge in [0, 0.05) is 48.1 Å². The fourth-order valence-corrected chi connectivity index (χ4v) is 7.57. The number of nitrogens with zero attached hydrogens (tertiary/aromatic N) is 3. The molecule has 1 saturated carbocycles. The van der Waals surface area contributed by atoms with Crippen LogP contribution in [-0.4, -0.2) is 51.5 Å². The molecule has 6 rings (SSSR count). The fourth-order valence-electron chi connectivity index (χ4n) is 5.83. The molecule has 0 spiro atoms. The summed E-state index contributed by atoms with van der Waals surface area (Å²) in [6.07, 6.45) is 2.47. The highest BCUT2D eigenvalue weighted by atomic mass is 35.5. The van der Waals surface area contributed by atoms with Crippen LogP contribution in [0.4, 0.5) is 19.3 Å². The Labute approximate surface area is 270 Å². The number of phenols is 1. The van der Waals surface area contributed by atoms with E-state index in [1.54, 1.807) is 34.1 Å². The van der Waals surface area contributed by atoms with Crippen LogP contribution >= 0.6 is 46.6 Å². The highest BCUT2D eigenvalue weighted by Gasteiger charge is 2.40. The Bertz CT molecular complexity index is 1720. The molecule has 14 heteroatoms. The van der Waals surface area contributed by atoms with Gasteiger partial charge in [-0.05, 0) is 79.1 Å². The van der Waals surface area contributed by atoms with Gasteiger partial charge in [0.15, 0.2) is 0 Å².